The van der Waals surface area contributed by atoms with E-state index in [9.17, 15) is 24.3 Å². The first-order valence-corrected chi connectivity index (χ1v) is 26.6. The Balaban J connectivity index is 0.780. The van der Waals surface area contributed by atoms with Crippen LogP contribution in [0.5, 0.6) is 11.5 Å². The predicted octanol–water partition coefficient (Wildman–Crippen LogP) is 8.56. The number of imide groups is 1. The van der Waals surface area contributed by atoms with Crippen molar-refractivity contribution in [3.8, 4) is 22.6 Å². The number of amides is 5. The fraction of sp³-hybridized carbons (Fsp3) is 0.482. The minimum Gasteiger partial charge on any atom is -0.488 e. The average molecular weight is 1070 g/mol. The molecule has 5 aromatic rings. The number of anilines is 1. The Bertz CT molecular complexity index is 3110. The van der Waals surface area contributed by atoms with Gasteiger partial charge in [0.25, 0.3) is 0 Å². The number of fused-ring (bicyclic) bond motifs is 2. The molecule has 3 saturated heterocycles. The van der Waals surface area contributed by atoms with E-state index in [0.29, 0.717) is 63.7 Å². The van der Waals surface area contributed by atoms with Crippen LogP contribution in [-0.4, -0.2) is 112 Å². The molecule has 5 aliphatic rings. The Hall–Kier alpha value is -6.28. The Morgan fingerprint density at radius 2 is 1.64 bits per heavy atom. The monoisotopic (exact) mass is 1070 g/mol. The lowest BCUT2D eigenvalue weighted by molar-refractivity contribution is -0.146. The zero-order chi connectivity index (χ0) is 54.0. The second-order valence-corrected chi connectivity index (χ2v) is 22.0. The Morgan fingerprint density at radius 3 is 2.32 bits per heavy atom. The van der Waals surface area contributed by atoms with Gasteiger partial charge in [0, 0.05) is 90.9 Å². The zero-order valence-electron chi connectivity index (χ0n) is 43.0. The van der Waals surface area contributed by atoms with Crippen molar-refractivity contribution in [2.45, 2.75) is 114 Å². The van der Waals surface area contributed by atoms with Gasteiger partial charge in [0.2, 0.25) is 17.7 Å². The summed E-state index contributed by atoms with van der Waals surface area (Å²) < 4.78 is 78.4. The number of aromatic nitrogens is 2. The molecule has 404 valence electrons. The SMILES string of the molecule is C[C@H]1c2c(cc(F)c(Cl)c2-c2c(C(N)=O)ccc(OCCO)c2F)O[C@]1(CNC1CCC(C(=O)N2CC[C@@H](N3CCC(c4c(F)cc5c(N6CCC(=O)NC6=O)nn(C)c5c4F)CC3)CC2(C)C)CC1)c1ccccc1. The van der Waals surface area contributed by atoms with Crippen molar-refractivity contribution in [3.63, 3.8) is 0 Å². The van der Waals surface area contributed by atoms with Crippen LogP contribution in [0.1, 0.15) is 117 Å². The minimum absolute atomic E-state index is 0.00573. The first-order chi connectivity index (χ1) is 36.3. The van der Waals surface area contributed by atoms with Gasteiger partial charge in [-0.25, -0.2) is 22.4 Å². The molecule has 1 saturated carbocycles. The number of carbonyl (C=O) groups excluding carboxylic acids is 4. The fourth-order valence-corrected chi connectivity index (χ4v) is 13.1. The summed E-state index contributed by atoms with van der Waals surface area (Å²) in [6.45, 7) is 7.67. The van der Waals surface area contributed by atoms with Crippen LogP contribution in [0.4, 0.5) is 28.2 Å². The van der Waals surface area contributed by atoms with E-state index in [4.69, 9.17) is 26.8 Å². The number of aryl methyl sites for hydroxylation is 1. The molecular weight excluding hydrogens is 1010 g/mol. The van der Waals surface area contributed by atoms with E-state index in [-0.39, 0.29) is 106 Å². The number of aliphatic hydroxyl groups excluding tert-OH is 1. The van der Waals surface area contributed by atoms with E-state index < -0.39 is 69.8 Å². The van der Waals surface area contributed by atoms with E-state index in [2.05, 4.69) is 34.5 Å². The number of benzene rings is 4. The quantitative estimate of drug-likeness (QED) is 0.0834. The van der Waals surface area contributed by atoms with Crippen LogP contribution in [0.15, 0.2) is 54.6 Å². The summed E-state index contributed by atoms with van der Waals surface area (Å²) in [6.07, 6.45) is 5.42. The van der Waals surface area contributed by atoms with Crippen LogP contribution in [0, 0.1) is 29.2 Å². The third-order valence-electron chi connectivity index (χ3n) is 16.8. The number of nitrogens with two attached hydrogens (primary N) is 1. The van der Waals surface area contributed by atoms with Crippen molar-refractivity contribution < 1.29 is 51.3 Å². The lowest BCUT2D eigenvalue weighted by Crippen LogP contribution is -2.59. The van der Waals surface area contributed by atoms with Gasteiger partial charge in [-0.15, -0.1) is 0 Å². The van der Waals surface area contributed by atoms with Gasteiger partial charge in [-0.3, -0.25) is 29.3 Å². The topological polar surface area (TPSA) is 185 Å². The molecule has 0 unspecified atom stereocenters. The van der Waals surface area contributed by atoms with Gasteiger partial charge in [-0.1, -0.05) is 48.9 Å². The molecule has 4 aliphatic heterocycles. The highest BCUT2D eigenvalue weighted by molar-refractivity contribution is 6.34. The summed E-state index contributed by atoms with van der Waals surface area (Å²) in [4.78, 5) is 57.3. The minimum atomic E-state index is -1.15. The van der Waals surface area contributed by atoms with Gasteiger partial charge >= 0.3 is 6.03 Å². The van der Waals surface area contributed by atoms with E-state index >= 15 is 17.6 Å². The molecule has 1 aromatic heterocycles. The van der Waals surface area contributed by atoms with Crippen LogP contribution in [0.2, 0.25) is 5.02 Å². The number of rotatable bonds is 13. The third kappa shape index (κ3) is 9.44. The van der Waals surface area contributed by atoms with Gasteiger partial charge in [0.05, 0.1) is 22.6 Å². The van der Waals surface area contributed by atoms with Gasteiger partial charge in [-0.05, 0) is 108 Å². The maximum absolute atomic E-state index is 16.5. The Labute approximate surface area is 443 Å². The Kier molecular flexibility index (Phi) is 14.6. The zero-order valence-corrected chi connectivity index (χ0v) is 43.8. The molecular formula is C56H63ClF4N8O7. The largest absolute Gasteiger partial charge is 0.488 e. The van der Waals surface area contributed by atoms with E-state index in [1.54, 1.807) is 7.05 Å². The van der Waals surface area contributed by atoms with Gasteiger partial charge in [0.1, 0.15) is 29.5 Å². The highest BCUT2D eigenvalue weighted by atomic mass is 35.5. The summed E-state index contributed by atoms with van der Waals surface area (Å²) in [5, 5.41) is 19.5. The van der Waals surface area contributed by atoms with Gasteiger partial charge in [-0.2, -0.15) is 5.10 Å². The first kappa shape index (κ1) is 53.1. The van der Waals surface area contributed by atoms with Crippen molar-refractivity contribution in [2.75, 3.05) is 50.8 Å². The number of carbonyl (C=O) groups is 4. The molecule has 76 heavy (non-hydrogen) atoms. The summed E-state index contributed by atoms with van der Waals surface area (Å²) in [6, 6.07) is 13.9. The standard InChI is InChI=1S/C56H63ClF4N8O7/c1-30-43-41(27-39(59)47(57)46(43)45-36(51(62)72)14-15-40(48(45)60)75-25-24-70)76-56(30,33-8-6-5-7-9-33)29-63-34-12-10-32(11-13-34)53(73)69-23-18-35(28-55(69,2)3)67-20-16-31(17-21-67)44-38(58)26-37-50(49(44)61)66(4)65-52(37)68-22-19-42(71)64-54(68)74/h5-9,14-15,26-27,30-32,34-35,63,70H,10-13,16-25,28-29H2,1-4H3,(H2,62,72)(H,64,71,74)/t30-,32?,34?,35+,56-/m0/s1. The van der Waals surface area contributed by atoms with Crippen molar-refractivity contribution in [1.29, 1.82) is 0 Å². The average Bonchev–Trinajstić information content (AvgIpc) is 4.05. The normalized spacial score (nSPS) is 24.1. The van der Waals surface area contributed by atoms with Gasteiger partial charge < -0.3 is 35.4 Å². The first-order valence-electron chi connectivity index (χ1n) is 26.2. The maximum Gasteiger partial charge on any atom is 0.329 e. The number of ether oxygens (including phenoxy) is 2. The van der Waals surface area contributed by atoms with E-state index in [1.165, 1.54) is 33.8 Å². The molecule has 4 fully saturated rings. The van der Waals surface area contributed by atoms with Crippen LogP contribution in [-0.2, 0) is 22.2 Å². The number of nitrogens with one attached hydrogen (secondary N) is 2. The van der Waals surface area contributed by atoms with E-state index in [0.717, 1.165) is 18.4 Å². The maximum atomic E-state index is 16.5. The van der Waals surface area contributed by atoms with Crippen molar-refractivity contribution in [1.82, 2.24) is 30.2 Å². The number of aliphatic hydroxyl groups is 1. The highest BCUT2D eigenvalue weighted by Gasteiger charge is 2.51. The predicted molar refractivity (Wildman–Crippen MR) is 277 cm³/mol. The summed E-state index contributed by atoms with van der Waals surface area (Å²) >= 11 is 6.73. The number of primary amides is 1. The summed E-state index contributed by atoms with van der Waals surface area (Å²) in [7, 11) is 1.55. The second-order valence-electron chi connectivity index (χ2n) is 21.6. The Morgan fingerprint density at radius 1 is 0.921 bits per heavy atom. The van der Waals surface area contributed by atoms with Crippen molar-refractivity contribution in [3.05, 3.63) is 105 Å². The summed E-state index contributed by atoms with van der Waals surface area (Å²) in [5.74, 6) is -5.66. The second kappa shape index (κ2) is 20.9. The summed E-state index contributed by atoms with van der Waals surface area (Å²) in [5.41, 5.74) is 4.82. The number of halogens is 5. The molecule has 0 spiro atoms. The van der Waals surface area contributed by atoms with Crippen molar-refractivity contribution >= 4 is 52.1 Å². The number of urea groups is 1. The molecule has 1 aliphatic carbocycles. The molecule has 3 atom stereocenters. The number of likely N-dealkylation sites (tertiary alicyclic amines) is 2. The highest BCUT2D eigenvalue weighted by Crippen LogP contribution is 2.57. The third-order valence-corrected chi connectivity index (χ3v) is 17.2. The van der Waals surface area contributed by atoms with Crippen LogP contribution < -0.4 is 30.7 Å². The molecule has 5 N–H and O–H groups in total. The number of hydrogen-bond acceptors (Lipinski definition) is 10. The molecule has 10 rings (SSSR count). The fourth-order valence-electron chi connectivity index (χ4n) is 12.9. The molecule has 15 nitrogen and oxygen atoms in total. The molecule has 4 aromatic carbocycles. The molecule has 0 radical (unpaired) electrons. The number of piperidine rings is 2. The molecule has 5 heterocycles. The van der Waals surface area contributed by atoms with E-state index in [1.807, 2.05) is 42.2 Å². The molecule has 0 bridgehead atoms. The van der Waals surface area contributed by atoms with Crippen LogP contribution in [0.3, 0.4) is 0 Å². The number of hydrogen-bond donors (Lipinski definition) is 4. The van der Waals surface area contributed by atoms with Crippen LogP contribution >= 0.6 is 11.6 Å². The number of nitrogens with zero attached hydrogens (tertiary/aromatic N) is 5. The molecule has 5 amide bonds. The lowest BCUT2D eigenvalue weighted by Gasteiger charge is -2.50. The smallest absolute Gasteiger partial charge is 0.329 e. The lowest BCUT2D eigenvalue weighted by atomic mass is 9.77. The van der Waals surface area contributed by atoms with Crippen LogP contribution in [0.25, 0.3) is 22.0 Å². The van der Waals surface area contributed by atoms with Crippen molar-refractivity contribution in [2.24, 2.45) is 18.7 Å². The van der Waals surface area contributed by atoms with Gasteiger partial charge in [0.15, 0.2) is 28.8 Å². The molecule has 20 heteroatoms.